The van der Waals surface area contributed by atoms with Gasteiger partial charge in [0.25, 0.3) is 5.91 Å². The predicted octanol–water partition coefficient (Wildman–Crippen LogP) is 5.04. The van der Waals surface area contributed by atoms with Crippen LogP contribution in [0.15, 0.2) is 76.6 Å². The first-order valence-electron chi connectivity index (χ1n) is 10.2. The van der Waals surface area contributed by atoms with Crippen LogP contribution < -0.4 is 20.1 Å². The smallest absolute Gasteiger partial charge is 0.340 e. The van der Waals surface area contributed by atoms with Gasteiger partial charge in [0.1, 0.15) is 5.56 Å². The van der Waals surface area contributed by atoms with Crippen LogP contribution in [0.25, 0.3) is 6.08 Å². The second-order valence-electron chi connectivity index (χ2n) is 7.09. The maximum Gasteiger partial charge on any atom is 0.340 e. The van der Waals surface area contributed by atoms with E-state index >= 15 is 0 Å². The van der Waals surface area contributed by atoms with Crippen molar-refractivity contribution in [1.29, 1.82) is 0 Å². The summed E-state index contributed by atoms with van der Waals surface area (Å²) in [5.41, 5.74) is 2.79. The molecule has 0 aliphatic carbocycles. The van der Waals surface area contributed by atoms with Gasteiger partial charge in [-0.3, -0.25) is 4.79 Å². The molecule has 3 N–H and O–H groups in total. The van der Waals surface area contributed by atoms with Crippen LogP contribution in [0, 0.1) is 0 Å². The fourth-order valence-electron chi connectivity index (χ4n) is 3.33. The van der Waals surface area contributed by atoms with Gasteiger partial charge in [0.05, 0.1) is 24.8 Å². The van der Waals surface area contributed by atoms with Crippen LogP contribution in [0.3, 0.4) is 0 Å². The van der Waals surface area contributed by atoms with Crippen molar-refractivity contribution in [3.8, 4) is 11.5 Å². The van der Waals surface area contributed by atoms with Gasteiger partial charge in [-0.15, -0.1) is 0 Å². The highest BCUT2D eigenvalue weighted by atomic mass is 32.2. The summed E-state index contributed by atoms with van der Waals surface area (Å²) in [6, 6.07) is 20.4. The van der Waals surface area contributed by atoms with Gasteiger partial charge in [0.15, 0.2) is 16.7 Å². The van der Waals surface area contributed by atoms with Crippen molar-refractivity contribution in [3.05, 3.63) is 82.8 Å². The van der Waals surface area contributed by atoms with Crippen LogP contribution in [0.2, 0.25) is 0 Å². The number of rotatable bonds is 7. The number of aromatic carboxylic acids is 1. The van der Waals surface area contributed by atoms with Gasteiger partial charge in [-0.25, -0.2) is 9.79 Å². The quantitative estimate of drug-likeness (QED) is 0.411. The third-order valence-electron chi connectivity index (χ3n) is 4.89. The number of hydrogen-bond donors (Lipinski definition) is 3. The Bertz CT molecular complexity index is 1290. The summed E-state index contributed by atoms with van der Waals surface area (Å²) in [7, 11) is 2.79. The molecule has 0 atom stereocenters. The number of nitrogens with one attached hydrogen (secondary N) is 2. The molecule has 0 radical (unpaired) electrons. The van der Waals surface area contributed by atoms with Gasteiger partial charge < -0.3 is 25.2 Å². The number of nitrogens with zero attached hydrogens (tertiary/aromatic N) is 1. The van der Waals surface area contributed by atoms with Gasteiger partial charge in [-0.2, -0.15) is 0 Å². The summed E-state index contributed by atoms with van der Waals surface area (Å²) in [6.45, 7) is 0. The highest BCUT2D eigenvalue weighted by molar-refractivity contribution is 8.18. The zero-order valence-electron chi connectivity index (χ0n) is 18.4. The molecule has 1 amide bonds. The monoisotopic (exact) mass is 475 g/mol. The van der Waals surface area contributed by atoms with Crippen molar-refractivity contribution >= 4 is 51.9 Å². The van der Waals surface area contributed by atoms with E-state index in [9.17, 15) is 14.7 Å². The first-order chi connectivity index (χ1) is 16.5. The molecule has 0 bridgehead atoms. The fourth-order valence-corrected chi connectivity index (χ4v) is 4.16. The Morgan fingerprint density at radius 2 is 1.71 bits per heavy atom. The Balaban J connectivity index is 1.55. The van der Waals surface area contributed by atoms with Crippen LogP contribution >= 0.6 is 11.8 Å². The van der Waals surface area contributed by atoms with Gasteiger partial charge in [0.2, 0.25) is 0 Å². The third kappa shape index (κ3) is 5.05. The first kappa shape index (κ1) is 22.9. The maximum atomic E-state index is 12.5. The minimum atomic E-state index is -1.19. The number of para-hydroxylation sites is 1. The molecule has 0 saturated carbocycles. The molecule has 0 spiro atoms. The number of thioether (sulfide) groups is 1. The lowest BCUT2D eigenvalue weighted by molar-refractivity contribution is -0.115. The van der Waals surface area contributed by atoms with Crippen molar-refractivity contribution in [2.45, 2.75) is 0 Å². The second kappa shape index (κ2) is 10.1. The number of methoxy groups -OCH3 is 2. The number of carboxylic acids is 1. The minimum absolute atomic E-state index is 0.0883. The third-order valence-corrected chi connectivity index (χ3v) is 5.80. The van der Waals surface area contributed by atoms with Crippen molar-refractivity contribution < 1.29 is 24.2 Å². The summed E-state index contributed by atoms with van der Waals surface area (Å²) in [6.07, 6.45) is 1.50. The van der Waals surface area contributed by atoms with Gasteiger partial charge in [-0.05, 0) is 65.9 Å². The molecular formula is C25H21N3O5S. The topological polar surface area (TPSA) is 109 Å². The Morgan fingerprint density at radius 3 is 2.35 bits per heavy atom. The van der Waals surface area contributed by atoms with E-state index in [1.165, 1.54) is 20.3 Å². The van der Waals surface area contributed by atoms with Crippen molar-refractivity contribution in [2.75, 3.05) is 19.5 Å². The van der Waals surface area contributed by atoms with Crippen LogP contribution in [-0.4, -0.2) is 36.4 Å². The molecule has 172 valence electrons. The lowest BCUT2D eigenvalue weighted by atomic mass is 10.0. The second-order valence-corrected chi connectivity index (χ2v) is 8.12. The summed E-state index contributed by atoms with van der Waals surface area (Å²) < 4.78 is 10.4. The zero-order valence-corrected chi connectivity index (χ0v) is 19.2. The molecule has 9 heteroatoms. The molecule has 34 heavy (non-hydrogen) atoms. The molecule has 3 aromatic rings. The molecule has 0 unspecified atom stereocenters. The minimum Gasteiger partial charge on any atom is -0.493 e. The Kier molecular flexibility index (Phi) is 6.84. The number of carbonyl (C=O) groups is 2. The highest BCUT2D eigenvalue weighted by Crippen LogP contribution is 2.36. The Hall–Kier alpha value is -4.24. The lowest BCUT2D eigenvalue weighted by Gasteiger charge is -2.12. The molecule has 0 aromatic heterocycles. The number of benzene rings is 3. The number of hydrogen-bond acceptors (Lipinski definition) is 7. The zero-order chi connectivity index (χ0) is 24.1. The summed E-state index contributed by atoms with van der Waals surface area (Å²) in [4.78, 5) is 29.2. The van der Waals surface area contributed by atoms with E-state index in [2.05, 4.69) is 15.6 Å². The van der Waals surface area contributed by atoms with Crippen LogP contribution in [0.4, 0.5) is 17.1 Å². The average Bonchev–Trinajstić information content (AvgIpc) is 3.18. The highest BCUT2D eigenvalue weighted by Gasteiger charge is 2.26. The molecule has 1 aliphatic rings. The molecule has 1 aliphatic heterocycles. The molecule has 1 fully saturated rings. The molecule has 1 heterocycles. The van der Waals surface area contributed by atoms with E-state index in [-0.39, 0.29) is 23.0 Å². The van der Waals surface area contributed by atoms with E-state index in [4.69, 9.17) is 9.47 Å². The average molecular weight is 476 g/mol. The predicted molar refractivity (Wildman–Crippen MR) is 133 cm³/mol. The van der Waals surface area contributed by atoms with Crippen molar-refractivity contribution in [3.63, 3.8) is 0 Å². The molecule has 4 rings (SSSR count). The van der Waals surface area contributed by atoms with Crippen LogP contribution in [0.5, 0.6) is 11.5 Å². The van der Waals surface area contributed by atoms with Gasteiger partial charge >= 0.3 is 5.97 Å². The number of carboxylic acid groups (broad SMARTS) is 1. The van der Waals surface area contributed by atoms with E-state index in [0.29, 0.717) is 21.3 Å². The number of amidine groups is 1. The molecular weight excluding hydrogens is 454 g/mol. The fraction of sp³-hybridized carbons (Fsp3) is 0.0800. The van der Waals surface area contributed by atoms with Crippen molar-refractivity contribution in [2.24, 2.45) is 4.99 Å². The number of anilines is 2. The van der Waals surface area contributed by atoms with E-state index in [1.54, 1.807) is 12.1 Å². The molecule has 3 aromatic carbocycles. The molecule has 1 saturated heterocycles. The summed E-state index contributed by atoms with van der Waals surface area (Å²) >= 11 is 1.13. The van der Waals surface area contributed by atoms with Crippen LogP contribution in [0.1, 0.15) is 15.9 Å². The SMILES string of the molecule is COc1ccc(/C=C2\SC(=Nc3ccc(Nc4ccccc4)cc3)NC2=O)c(C(=O)O)c1OC. The van der Waals surface area contributed by atoms with E-state index < -0.39 is 5.97 Å². The number of ether oxygens (including phenoxy) is 2. The van der Waals surface area contributed by atoms with Crippen molar-refractivity contribution in [1.82, 2.24) is 5.32 Å². The van der Waals surface area contributed by atoms with Gasteiger partial charge in [-0.1, -0.05) is 24.3 Å². The number of amides is 1. The Labute approximate surface area is 200 Å². The summed E-state index contributed by atoms with van der Waals surface area (Å²) in [5.74, 6) is -1.18. The maximum absolute atomic E-state index is 12.5. The number of carbonyl (C=O) groups excluding carboxylic acids is 1. The standard InChI is InChI=1S/C25H21N3O5S/c1-32-19-13-8-15(21(24(30)31)22(19)33-2)14-20-23(29)28-25(34-20)27-18-11-9-17(10-12-18)26-16-6-4-3-5-7-16/h3-14,26H,1-2H3,(H,30,31)(H,27,28,29)/b20-14-. The first-order valence-corrected chi connectivity index (χ1v) is 11.0. The van der Waals surface area contributed by atoms with Gasteiger partial charge in [0, 0.05) is 11.4 Å². The van der Waals surface area contributed by atoms with E-state index in [1.807, 2.05) is 54.6 Å². The normalized spacial score (nSPS) is 15.3. The summed E-state index contributed by atoms with van der Waals surface area (Å²) in [5, 5.41) is 16.1. The number of aliphatic imine (C=N–C) groups is 1. The van der Waals surface area contributed by atoms with Crippen LogP contribution in [-0.2, 0) is 4.79 Å². The van der Waals surface area contributed by atoms with E-state index in [0.717, 1.165) is 23.1 Å². The molecule has 8 nitrogen and oxygen atoms in total. The largest absolute Gasteiger partial charge is 0.493 e. The Morgan fingerprint density at radius 1 is 1.00 bits per heavy atom. The lowest BCUT2D eigenvalue weighted by Crippen LogP contribution is -2.19.